The Labute approximate surface area is 51.1 Å². The molecular weight excluding hydrogens is 98.1 g/mol. The predicted octanol–water partition coefficient (Wildman–Crippen LogP) is 2.03. The van der Waals surface area contributed by atoms with E-state index in [9.17, 15) is 0 Å². The summed E-state index contributed by atoms with van der Waals surface area (Å²) in [6.45, 7) is 7.66. The normalized spacial score (nSPS) is 11.0. The van der Waals surface area contributed by atoms with Gasteiger partial charge in [-0.1, -0.05) is 19.6 Å². The largest absolute Gasteiger partial charge is 0.366 e. The summed E-state index contributed by atoms with van der Waals surface area (Å²) < 4.78 is 0. The van der Waals surface area contributed by atoms with Gasteiger partial charge >= 0.3 is 0 Å². The molecule has 0 aromatic heterocycles. The van der Waals surface area contributed by atoms with Crippen molar-refractivity contribution >= 4 is 0 Å². The van der Waals surface area contributed by atoms with Gasteiger partial charge in [-0.15, -0.1) is 0 Å². The van der Waals surface area contributed by atoms with Crippen LogP contribution >= 0.6 is 0 Å². The summed E-state index contributed by atoms with van der Waals surface area (Å²) in [7, 11) is 0. The SMILES string of the molecule is C=CN/C(=C/C)CC. The summed E-state index contributed by atoms with van der Waals surface area (Å²) >= 11 is 0. The molecule has 0 aliphatic heterocycles. The highest BCUT2D eigenvalue weighted by atomic mass is 14.8. The molecule has 1 heteroatoms. The molecular formula is C7H13N. The molecule has 46 valence electrons. The van der Waals surface area contributed by atoms with Crippen molar-refractivity contribution in [2.24, 2.45) is 0 Å². The topological polar surface area (TPSA) is 12.0 Å². The van der Waals surface area contributed by atoms with Gasteiger partial charge in [-0.2, -0.15) is 0 Å². The molecule has 1 N–H and O–H groups in total. The molecule has 0 aliphatic rings. The average Bonchev–Trinajstić information content (AvgIpc) is 1.83. The number of hydrogen-bond donors (Lipinski definition) is 1. The van der Waals surface area contributed by atoms with Crippen LogP contribution in [-0.2, 0) is 0 Å². The molecule has 0 aliphatic carbocycles. The first kappa shape index (κ1) is 7.28. The number of nitrogens with one attached hydrogen (secondary N) is 1. The zero-order chi connectivity index (χ0) is 6.41. The smallest absolute Gasteiger partial charge is 0.00999 e. The van der Waals surface area contributed by atoms with Crippen LogP contribution in [0.5, 0.6) is 0 Å². The van der Waals surface area contributed by atoms with Crippen LogP contribution in [0.2, 0.25) is 0 Å². The lowest BCUT2D eigenvalue weighted by atomic mass is 10.3. The van der Waals surface area contributed by atoms with Crippen LogP contribution in [-0.4, -0.2) is 0 Å². The van der Waals surface area contributed by atoms with Gasteiger partial charge in [-0.25, -0.2) is 0 Å². The molecule has 0 amide bonds. The maximum Gasteiger partial charge on any atom is 0.00999 e. The van der Waals surface area contributed by atoms with E-state index in [1.54, 1.807) is 6.20 Å². The van der Waals surface area contributed by atoms with Crippen LogP contribution in [0.15, 0.2) is 24.6 Å². The minimum Gasteiger partial charge on any atom is -0.366 e. The van der Waals surface area contributed by atoms with Gasteiger partial charge in [0.15, 0.2) is 0 Å². The molecule has 0 atom stereocenters. The van der Waals surface area contributed by atoms with Crippen molar-refractivity contribution < 1.29 is 0 Å². The highest BCUT2D eigenvalue weighted by Crippen LogP contribution is 1.92. The Morgan fingerprint density at radius 2 is 2.38 bits per heavy atom. The fourth-order valence-electron chi connectivity index (χ4n) is 0.521. The third-order valence-corrected chi connectivity index (χ3v) is 1.02. The quantitative estimate of drug-likeness (QED) is 0.587. The maximum absolute atomic E-state index is 3.54. The third kappa shape index (κ3) is 2.45. The fourth-order valence-corrected chi connectivity index (χ4v) is 0.521. The van der Waals surface area contributed by atoms with E-state index in [4.69, 9.17) is 0 Å². The second kappa shape index (κ2) is 4.44. The first-order chi connectivity index (χ1) is 3.85. The van der Waals surface area contributed by atoms with Gasteiger partial charge in [0.2, 0.25) is 0 Å². The van der Waals surface area contributed by atoms with Gasteiger partial charge in [0.05, 0.1) is 0 Å². The summed E-state index contributed by atoms with van der Waals surface area (Å²) in [6, 6.07) is 0. The molecule has 0 bridgehead atoms. The van der Waals surface area contributed by atoms with Crippen molar-refractivity contribution in [3.63, 3.8) is 0 Å². The minimum atomic E-state index is 1.04. The lowest BCUT2D eigenvalue weighted by molar-refractivity contribution is 0.941. The van der Waals surface area contributed by atoms with Crippen molar-refractivity contribution in [2.75, 3.05) is 0 Å². The summed E-state index contributed by atoms with van der Waals surface area (Å²) in [4.78, 5) is 0. The Hall–Kier alpha value is -0.720. The van der Waals surface area contributed by atoms with E-state index in [1.165, 1.54) is 5.70 Å². The Balaban J connectivity index is 3.53. The van der Waals surface area contributed by atoms with Crippen LogP contribution in [0.4, 0.5) is 0 Å². The van der Waals surface area contributed by atoms with Crippen LogP contribution in [0.1, 0.15) is 20.3 Å². The molecule has 0 aromatic carbocycles. The summed E-state index contributed by atoms with van der Waals surface area (Å²) in [5.74, 6) is 0. The second-order valence-corrected chi connectivity index (χ2v) is 1.52. The minimum absolute atomic E-state index is 1.04. The summed E-state index contributed by atoms with van der Waals surface area (Å²) in [5, 5.41) is 3.01. The van der Waals surface area contributed by atoms with E-state index < -0.39 is 0 Å². The highest BCUT2D eigenvalue weighted by Gasteiger charge is 1.81. The Kier molecular flexibility index (Phi) is 4.04. The van der Waals surface area contributed by atoms with E-state index in [0.29, 0.717) is 0 Å². The highest BCUT2D eigenvalue weighted by molar-refractivity contribution is 4.99. The van der Waals surface area contributed by atoms with Gasteiger partial charge < -0.3 is 5.32 Å². The fraction of sp³-hybridized carbons (Fsp3) is 0.429. The Morgan fingerprint density at radius 1 is 1.75 bits per heavy atom. The van der Waals surface area contributed by atoms with Crippen LogP contribution in [0.25, 0.3) is 0 Å². The van der Waals surface area contributed by atoms with E-state index in [1.807, 2.05) is 13.0 Å². The molecule has 0 aromatic rings. The zero-order valence-electron chi connectivity index (χ0n) is 5.57. The Bertz CT molecular complexity index is 92.6. The number of hydrogen-bond acceptors (Lipinski definition) is 1. The lowest BCUT2D eigenvalue weighted by Gasteiger charge is -1.99. The molecule has 0 fully saturated rings. The standard InChI is InChI=1S/C7H13N/c1-4-7(5-2)8-6-3/h4,6,8H,3,5H2,1-2H3/b7-4+. The Morgan fingerprint density at radius 3 is 2.50 bits per heavy atom. The summed E-state index contributed by atoms with van der Waals surface area (Å²) in [6.07, 6.45) is 4.78. The summed E-state index contributed by atoms with van der Waals surface area (Å²) in [5.41, 5.74) is 1.22. The van der Waals surface area contributed by atoms with Crippen LogP contribution in [0, 0.1) is 0 Å². The van der Waals surface area contributed by atoms with Crippen molar-refractivity contribution in [1.29, 1.82) is 0 Å². The average molecular weight is 111 g/mol. The van der Waals surface area contributed by atoms with Crippen LogP contribution in [0.3, 0.4) is 0 Å². The van der Waals surface area contributed by atoms with Gasteiger partial charge in [-0.05, 0) is 19.5 Å². The molecule has 0 unspecified atom stereocenters. The van der Waals surface area contributed by atoms with Gasteiger partial charge in [-0.3, -0.25) is 0 Å². The van der Waals surface area contributed by atoms with Crippen molar-refractivity contribution in [2.45, 2.75) is 20.3 Å². The first-order valence-electron chi connectivity index (χ1n) is 2.87. The maximum atomic E-state index is 3.54. The van der Waals surface area contributed by atoms with E-state index >= 15 is 0 Å². The molecule has 8 heavy (non-hydrogen) atoms. The van der Waals surface area contributed by atoms with Gasteiger partial charge in [0.1, 0.15) is 0 Å². The number of allylic oxidation sites excluding steroid dienone is 2. The molecule has 0 heterocycles. The molecule has 0 radical (unpaired) electrons. The lowest BCUT2D eigenvalue weighted by Crippen LogP contribution is -2.01. The van der Waals surface area contributed by atoms with E-state index in [2.05, 4.69) is 18.8 Å². The monoisotopic (exact) mass is 111 g/mol. The zero-order valence-corrected chi connectivity index (χ0v) is 5.57. The second-order valence-electron chi connectivity index (χ2n) is 1.52. The van der Waals surface area contributed by atoms with Gasteiger partial charge in [0, 0.05) is 5.70 Å². The first-order valence-corrected chi connectivity index (χ1v) is 2.87. The van der Waals surface area contributed by atoms with Crippen molar-refractivity contribution in [1.82, 2.24) is 5.32 Å². The third-order valence-electron chi connectivity index (χ3n) is 1.02. The van der Waals surface area contributed by atoms with Crippen LogP contribution < -0.4 is 5.32 Å². The van der Waals surface area contributed by atoms with E-state index in [0.717, 1.165) is 6.42 Å². The molecule has 0 spiro atoms. The molecule has 1 nitrogen and oxygen atoms in total. The van der Waals surface area contributed by atoms with Crippen molar-refractivity contribution in [3.8, 4) is 0 Å². The molecule has 0 saturated heterocycles. The van der Waals surface area contributed by atoms with E-state index in [-0.39, 0.29) is 0 Å². The van der Waals surface area contributed by atoms with Crippen molar-refractivity contribution in [3.05, 3.63) is 24.6 Å². The predicted molar refractivity (Wildman–Crippen MR) is 37.4 cm³/mol. The number of rotatable bonds is 3. The molecule has 0 rings (SSSR count). The van der Waals surface area contributed by atoms with Gasteiger partial charge in [0.25, 0.3) is 0 Å². The molecule has 0 saturated carbocycles.